The van der Waals surface area contributed by atoms with Crippen molar-refractivity contribution >= 4 is 15.9 Å². The van der Waals surface area contributed by atoms with Gasteiger partial charge in [0, 0.05) is 50.4 Å². The fourth-order valence-corrected chi connectivity index (χ4v) is 5.25. The second-order valence-electron chi connectivity index (χ2n) is 8.11. The minimum Gasteiger partial charge on any atom is -0.339 e. The van der Waals surface area contributed by atoms with Gasteiger partial charge in [0.2, 0.25) is 15.9 Å². The number of rotatable bonds is 7. The summed E-state index contributed by atoms with van der Waals surface area (Å²) < 4.78 is 67.1. The van der Waals surface area contributed by atoms with E-state index in [0.717, 1.165) is 31.0 Å². The maximum Gasteiger partial charge on any atom is 0.243 e. The van der Waals surface area contributed by atoms with Gasteiger partial charge in [-0.3, -0.25) is 9.69 Å². The number of benzene rings is 2. The van der Waals surface area contributed by atoms with Crippen LogP contribution in [0.1, 0.15) is 18.4 Å². The standard InChI is InChI=1S/C22H24F3N3O3S/c23-17-3-7-20(8-4-17)32(30,31)28-11-9-26(10-12-28)22(29)15-27(19-5-6-19)14-16-1-2-18(24)13-21(16)25/h1-4,7-8,13,19H,5-6,9-12,14-15H2. The molecule has 2 fully saturated rings. The van der Waals surface area contributed by atoms with Crippen LogP contribution in [0.4, 0.5) is 13.2 Å². The first kappa shape index (κ1) is 22.8. The number of carbonyl (C=O) groups excluding carboxylic acids is 1. The Bertz CT molecular complexity index is 1080. The van der Waals surface area contributed by atoms with Gasteiger partial charge in [-0.05, 0) is 43.2 Å². The number of carbonyl (C=O) groups is 1. The Kier molecular flexibility index (Phi) is 6.55. The van der Waals surface area contributed by atoms with E-state index in [0.29, 0.717) is 5.56 Å². The lowest BCUT2D eigenvalue weighted by molar-refractivity contribution is -0.133. The van der Waals surface area contributed by atoms with Crippen LogP contribution in [0.5, 0.6) is 0 Å². The first-order valence-corrected chi connectivity index (χ1v) is 11.9. The third-order valence-corrected chi connectivity index (χ3v) is 7.75. The molecule has 32 heavy (non-hydrogen) atoms. The van der Waals surface area contributed by atoms with Crippen LogP contribution in [0, 0.1) is 17.5 Å². The van der Waals surface area contributed by atoms with Crippen molar-refractivity contribution in [3.63, 3.8) is 0 Å². The summed E-state index contributed by atoms with van der Waals surface area (Å²) in [5.41, 5.74) is 0.335. The summed E-state index contributed by atoms with van der Waals surface area (Å²) in [6, 6.07) is 8.27. The van der Waals surface area contributed by atoms with E-state index in [9.17, 15) is 26.4 Å². The van der Waals surface area contributed by atoms with Crippen molar-refractivity contribution in [1.82, 2.24) is 14.1 Å². The number of piperazine rings is 1. The Hall–Kier alpha value is -2.43. The van der Waals surface area contributed by atoms with Crippen LogP contribution in [0.3, 0.4) is 0 Å². The molecule has 10 heteroatoms. The molecule has 0 bridgehead atoms. The molecule has 0 radical (unpaired) electrons. The van der Waals surface area contributed by atoms with E-state index >= 15 is 0 Å². The summed E-state index contributed by atoms with van der Waals surface area (Å²) in [5, 5.41) is 0. The molecule has 1 amide bonds. The molecule has 0 N–H and O–H groups in total. The Balaban J connectivity index is 1.35. The first-order valence-electron chi connectivity index (χ1n) is 10.5. The highest BCUT2D eigenvalue weighted by molar-refractivity contribution is 7.89. The average molecular weight is 468 g/mol. The quantitative estimate of drug-likeness (QED) is 0.628. The number of hydrogen-bond donors (Lipinski definition) is 0. The minimum absolute atomic E-state index is 0.0138. The molecule has 1 saturated heterocycles. The summed E-state index contributed by atoms with van der Waals surface area (Å²) >= 11 is 0. The van der Waals surface area contributed by atoms with Crippen LogP contribution in [0.2, 0.25) is 0 Å². The normalized spacial score (nSPS) is 17.7. The van der Waals surface area contributed by atoms with Crippen LogP contribution in [0.15, 0.2) is 47.4 Å². The van der Waals surface area contributed by atoms with E-state index in [2.05, 4.69) is 0 Å². The van der Waals surface area contributed by atoms with Crippen molar-refractivity contribution in [1.29, 1.82) is 0 Å². The van der Waals surface area contributed by atoms with Crippen LogP contribution < -0.4 is 0 Å². The van der Waals surface area contributed by atoms with Crippen molar-refractivity contribution in [2.45, 2.75) is 30.3 Å². The molecular formula is C22H24F3N3O3S. The SMILES string of the molecule is O=C(CN(Cc1ccc(F)cc1F)C1CC1)N1CCN(S(=O)(=O)c2ccc(F)cc2)CC1. The molecular weight excluding hydrogens is 443 g/mol. The summed E-state index contributed by atoms with van der Waals surface area (Å²) in [7, 11) is -3.76. The molecule has 2 aromatic carbocycles. The Morgan fingerprint density at radius 1 is 0.938 bits per heavy atom. The molecule has 0 atom stereocenters. The zero-order valence-electron chi connectivity index (χ0n) is 17.4. The van der Waals surface area contributed by atoms with E-state index < -0.39 is 27.5 Å². The molecule has 0 unspecified atom stereocenters. The highest BCUT2D eigenvalue weighted by Gasteiger charge is 2.34. The third kappa shape index (κ3) is 5.13. The monoisotopic (exact) mass is 467 g/mol. The highest BCUT2D eigenvalue weighted by atomic mass is 32.2. The van der Waals surface area contributed by atoms with Gasteiger partial charge in [-0.2, -0.15) is 4.31 Å². The van der Waals surface area contributed by atoms with Crippen LogP contribution in [-0.4, -0.2) is 67.2 Å². The second kappa shape index (κ2) is 9.21. The molecule has 172 valence electrons. The lowest BCUT2D eigenvalue weighted by atomic mass is 10.2. The van der Waals surface area contributed by atoms with Gasteiger partial charge < -0.3 is 4.90 Å². The fourth-order valence-electron chi connectivity index (χ4n) is 3.83. The van der Waals surface area contributed by atoms with Gasteiger partial charge in [0.05, 0.1) is 11.4 Å². The molecule has 0 aromatic heterocycles. The van der Waals surface area contributed by atoms with Gasteiger partial charge in [0.25, 0.3) is 0 Å². The zero-order valence-corrected chi connectivity index (χ0v) is 18.2. The molecule has 2 aromatic rings. The minimum atomic E-state index is -3.76. The molecule has 1 saturated carbocycles. The molecule has 1 heterocycles. The van der Waals surface area contributed by atoms with Crippen LogP contribution in [0.25, 0.3) is 0 Å². The maximum absolute atomic E-state index is 14.1. The predicted molar refractivity (Wildman–Crippen MR) is 112 cm³/mol. The van der Waals surface area contributed by atoms with Gasteiger partial charge in [-0.1, -0.05) is 6.07 Å². The second-order valence-corrected chi connectivity index (χ2v) is 10.0. The van der Waals surface area contributed by atoms with Crippen molar-refractivity contribution < 1.29 is 26.4 Å². The number of sulfonamides is 1. The topological polar surface area (TPSA) is 60.9 Å². The van der Waals surface area contributed by atoms with Crippen molar-refractivity contribution in [3.05, 3.63) is 65.5 Å². The van der Waals surface area contributed by atoms with Crippen molar-refractivity contribution in [3.8, 4) is 0 Å². The summed E-state index contributed by atoms with van der Waals surface area (Å²) in [4.78, 5) is 16.4. The lowest BCUT2D eigenvalue weighted by Crippen LogP contribution is -2.52. The molecule has 2 aliphatic rings. The van der Waals surface area contributed by atoms with Gasteiger partial charge in [-0.15, -0.1) is 0 Å². The number of halogens is 3. The first-order chi connectivity index (χ1) is 15.2. The van der Waals surface area contributed by atoms with E-state index in [-0.39, 0.29) is 56.1 Å². The molecule has 1 aliphatic carbocycles. The Morgan fingerprint density at radius 3 is 2.16 bits per heavy atom. The summed E-state index contributed by atoms with van der Waals surface area (Å²) in [6.45, 7) is 1.06. The molecule has 4 rings (SSSR count). The summed E-state index contributed by atoms with van der Waals surface area (Å²) in [6.07, 6.45) is 1.83. The number of nitrogens with zero attached hydrogens (tertiary/aromatic N) is 3. The molecule has 6 nitrogen and oxygen atoms in total. The van der Waals surface area contributed by atoms with E-state index in [4.69, 9.17) is 0 Å². The predicted octanol–water partition coefficient (Wildman–Crippen LogP) is 2.60. The zero-order chi connectivity index (χ0) is 22.9. The highest BCUT2D eigenvalue weighted by Crippen LogP contribution is 2.29. The van der Waals surface area contributed by atoms with Crippen molar-refractivity contribution in [2.24, 2.45) is 0 Å². The van der Waals surface area contributed by atoms with Crippen LogP contribution in [-0.2, 0) is 21.4 Å². The lowest BCUT2D eigenvalue weighted by Gasteiger charge is -2.35. The largest absolute Gasteiger partial charge is 0.339 e. The van der Waals surface area contributed by atoms with E-state index in [1.807, 2.05) is 4.90 Å². The van der Waals surface area contributed by atoms with E-state index in [1.165, 1.54) is 28.6 Å². The number of amides is 1. The Labute approximate surface area is 185 Å². The van der Waals surface area contributed by atoms with Crippen LogP contribution >= 0.6 is 0 Å². The van der Waals surface area contributed by atoms with Gasteiger partial charge in [-0.25, -0.2) is 21.6 Å². The van der Waals surface area contributed by atoms with Gasteiger partial charge >= 0.3 is 0 Å². The van der Waals surface area contributed by atoms with Crippen molar-refractivity contribution in [2.75, 3.05) is 32.7 Å². The van der Waals surface area contributed by atoms with E-state index in [1.54, 1.807) is 4.90 Å². The third-order valence-electron chi connectivity index (χ3n) is 5.83. The smallest absolute Gasteiger partial charge is 0.243 e. The summed E-state index contributed by atoms with van der Waals surface area (Å²) in [5.74, 6) is -1.95. The Morgan fingerprint density at radius 2 is 1.56 bits per heavy atom. The average Bonchev–Trinajstić information content (AvgIpc) is 3.61. The fraction of sp³-hybridized carbons (Fsp3) is 0.409. The van der Waals surface area contributed by atoms with Gasteiger partial charge in [0.15, 0.2) is 0 Å². The molecule has 0 spiro atoms. The number of hydrogen-bond acceptors (Lipinski definition) is 4. The van der Waals surface area contributed by atoms with Gasteiger partial charge in [0.1, 0.15) is 17.5 Å². The molecule has 1 aliphatic heterocycles. The maximum atomic E-state index is 14.1.